The number of hydrogen-bond donors (Lipinski definition) is 1. The molecule has 1 N–H and O–H groups in total. The topological polar surface area (TPSA) is 82.4 Å². The first-order valence-corrected chi connectivity index (χ1v) is 8.53. The molecule has 6 heteroatoms. The molecular weight excluding hydrogens is 318 g/mol. The molecule has 1 saturated heterocycles. The lowest BCUT2D eigenvalue weighted by atomic mass is 10.0. The molecule has 1 aliphatic heterocycles. The molecule has 0 aliphatic carbocycles. The van der Waals surface area contributed by atoms with Crippen molar-refractivity contribution in [1.82, 2.24) is 10.2 Å². The minimum Gasteiger partial charge on any atom is -0.444 e. The molecule has 0 radical (unpaired) electrons. The molecule has 0 saturated carbocycles. The normalized spacial score (nSPS) is 15.4. The molecule has 1 heterocycles. The Morgan fingerprint density at radius 1 is 1.24 bits per heavy atom. The highest BCUT2D eigenvalue weighted by atomic mass is 16.6. The van der Waals surface area contributed by atoms with Gasteiger partial charge in [-0.25, -0.2) is 4.79 Å². The summed E-state index contributed by atoms with van der Waals surface area (Å²) in [5.41, 5.74) is 0.963. The highest BCUT2D eigenvalue weighted by molar-refractivity contribution is 5.79. The van der Waals surface area contributed by atoms with E-state index in [1.54, 1.807) is 29.2 Å². The van der Waals surface area contributed by atoms with Crippen molar-refractivity contribution >= 4 is 12.0 Å². The van der Waals surface area contributed by atoms with Crippen molar-refractivity contribution in [1.29, 1.82) is 5.26 Å². The molecule has 0 unspecified atom stereocenters. The first-order chi connectivity index (χ1) is 11.8. The predicted molar refractivity (Wildman–Crippen MR) is 93.8 cm³/mol. The summed E-state index contributed by atoms with van der Waals surface area (Å²) in [6.45, 7) is 6.70. The van der Waals surface area contributed by atoms with Crippen LogP contribution in [-0.2, 0) is 16.0 Å². The summed E-state index contributed by atoms with van der Waals surface area (Å²) in [7, 11) is 0. The summed E-state index contributed by atoms with van der Waals surface area (Å²) < 4.78 is 5.37. The lowest BCUT2D eigenvalue weighted by Gasteiger charge is -2.33. The summed E-state index contributed by atoms with van der Waals surface area (Å²) in [4.78, 5) is 25.9. The van der Waals surface area contributed by atoms with Gasteiger partial charge in [-0.05, 0) is 51.3 Å². The maximum atomic E-state index is 12.2. The van der Waals surface area contributed by atoms with E-state index in [0.717, 1.165) is 18.4 Å². The first kappa shape index (κ1) is 18.8. The van der Waals surface area contributed by atoms with Gasteiger partial charge in [0.05, 0.1) is 18.1 Å². The monoisotopic (exact) mass is 343 g/mol. The summed E-state index contributed by atoms with van der Waals surface area (Å²) >= 11 is 0. The molecule has 0 spiro atoms. The summed E-state index contributed by atoms with van der Waals surface area (Å²) in [5.74, 6) is -0.0413. The molecule has 0 aromatic heterocycles. The summed E-state index contributed by atoms with van der Waals surface area (Å²) in [6, 6.07) is 9.14. The number of carbonyl (C=O) groups excluding carboxylic acids is 2. The molecule has 25 heavy (non-hydrogen) atoms. The van der Waals surface area contributed by atoms with E-state index in [0.29, 0.717) is 18.7 Å². The number of likely N-dealkylation sites (tertiary alicyclic amines) is 1. The number of carbonyl (C=O) groups is 2. The Kier molecular flexibility index (Phi) is 6.02. The van der Waals surface area contributed by atoms with Gasteiger partial charge < -0.3 is 15.0 Å². The molecule has 2 amide bonds. The fraction of sp³-hybridized carbons (Fsp3) is 0.526. The lowest BCUT2D eigenvalue weighted by molar-refractivity contribution is -0.121. The Bertz CT molecular complexity index is 648. The van der Waals surface area contributed by atoms with E-state index in [9.17, 15) is 9.59 Å². The minimum absolute atomic E-state index is 0.0413. The Balaban J connectivity index is 1.76. The van der Waals surface area contributed by atoms with E-state index in [1.807, 2.05) is 20.8 Å². The van der Waals surface area contributed by atoms with Crippen LogP contribution in [0.1, 0.15) is 44.7 Å². The fourth-order valence-corrected chi connectivity index (χ4v) is 2.69. The van der Waals surface area contributed by atoms with Gasteiger partial charge in [0.1, 0.15) is 5.60 Å². The molecule has 1 aromatic rings. The van der Waals surface area contributed by atoms with Crippen LogP contribution in [0, 0.1) is 11.3 Å². The maximum Gasteiger partial charge on any atom is 0.410 e. The highest BCUT2D eigenvalue weighted by Gasteiger charge is 2.27. The lowest BCUT2D eigenvalue weighted by Crippen LogP contribution is -2.48. The minimum atomic E-state index is -0.497. The molecule has 1 fully saturated rings. The molecule has 6 nitrogen and oxygen atoms in total. The second kappa shape index (κ2) is 8.02. The zero-order valence-corrected chi connectivity index (χ0v) is 15.0. The van der Waals surface area contributed by atoms with E-state index in [4.69, 9.17) is 10.00 Å². The molecule has 0 bridgehead atoms. The Hall–Kier alpha value is -2.55. The highest BCUT2D eigenvalue weighted by Crippen LogP contribution is 2.15. The number of amides is 2. The number of benzene rings is 1. The number of hydrogen-bond acceptors (Lipinski definition) is 4. The van der Waals surface area contributed by atoms with Crippen LogP contribution in [0.2, 0.25) is 0 Å². The number of piperidine rings is 1. The molecular formula is C19H25N3O3. The largest absolute Gasteiger partial charge is 0.444 e. The van der Waals surface area contributed by atoms with E-state index in [1.165, 1.54) is 0 Å². The van der Waals surface area contributed by atoms with Crippen molar-refractivity contribution in [2.24, 2.45) is 0 Å². The van der Waals surface area contributed by atoms with Gasteiger partial charge in [-0.3, -0.25) is 4.79 Å². The number of ether oxygens (including phenoxy) is 1. The smallest absolute Gasteiger partial charge is 0.410 e. The second-order valence-corrected chi connectivity index (χ2v) is 7.29. The number of nitriles is 1. The molecule has 2 rings (SSSR count). The van der Waals surface area contributed by atoms with Crippen molar-refractivity contribution in [2.75, 3.05) is 13.1 Å². The second-order valence-electron chi connectivity index (χ2n) is 7.29. The molecule has 134 valence electrons. The first-order valence-electron chi connectivity index (χ1n) is 8.53. The predicted octanol–water partition coefficient (Wildman–Crippen LogP) is 2.62. The zero-order valence-electron chi connectivity index (χ0n) is 15.0. The van der Waals surface area contributed by atoms with Crippen LogP contribution in [0.25, 0.3) is 0 Å². The Morgan fingerprint density at radius 2 is 1.84 bits per heavy atom. The molecule has 0 atom stereocenters. The average Bonchev–Trinajstić information content (AvgIpc) is 2.54. The average molecular weight is 343 g/mol. The van der Waals surface area contributed by atoms with Crippen LogP contribution >= 0.6 is 0 Å². The van der Waals surface area contributed by atoms with Crippen LogP contribution in [0.5, 0.6) is 0 Å². The van der Waals surface area contributed by atoms with E-state index in [-0.39, 0.29) is 24.5 Å². The van der Waals surface area contributed by atoms with Gasteiger partial charge in [0.2, 0.25) is 5.91 Å². The number of rotatable bonds is 3. The van der Waals surface area contributed by atoms with Gasteiger partial charge >= 0.3 is 6.09 Å². The number of nitrogens with one attached hydrogen (secondary N) is 1. The van der Waals surface area contributed by atoms with Gasteiger partial charge in [-0.1, -0.05) is 12.1 Å². The number of nitrogens with zero attached hydrogens (tertiary/aromatic N) is 2. The molecule has 1 aromatic carbocycles. The third kappa shape index (κ3) is 6.11. The maximum absolute atomic E-state index is 12.2. The van der Waals surface area contributed by atoms with Crippen molar-refractivity contribution in [2.45, 2.75) is 51.7 Å². The van der Waals surface area contributed by atoms with Gasteiger partial charge in [-0.2, -0.15) is 5.26 Å². The SMILES string of the molecule is CC(C)(C)OC(=O)N1CCC(NC(=O)Cc2ccc(C#N)cc2)CC1. The van der Waals surface area contributed by atoms with Crippen LogP contribution in [0.3, 0.4) is 0 Å². The van der Waals surface area contributed by atoms with Crippen LogP contribution in [0.15, 0.2) is 24.3 Å². The standard InChI is InChI=1S/C19H25N3O3/c1-19(2,3)25-18(24)22-10-8-16(9-11-22)21-17(23)12-14-4-6-15(13-20)7-5-14/h4-7,16H,8-12H2,1-3H3,(H,21,23). The van der Waals surface area contributed by atoms with E-state index in [2.05, 4.69) is 11.4 Å². The molecule has 1 aliphatic rings. The third-order valence-electron chi connectivity index (χ3n) is 3.96. The zero-order chi connectivity index (χ0) is 18.4. The van der Waals surface area contributed by atoms with Crippen molar-refractivity contribution < 1.29 is 14.3 Å². The summed E-state index contributed by atoms with van der Waals surface area (Å²) in [5, 5.41) is 11.8. The van der Waals surface area contributed by atoms with E-state index >= 15 is 0 Å². The van der Waals surface area contributed by atoms with Gasteiger partial charge in [0, 0.05) is 19.1 Å². The Morgan fingerprint density at radius 3 is 2.36 bits per heavy atom. The van der Waals surface area contributed by atoms with Crippen LogP contribution in [0.4, 0.5) is 4.79 Å². The fourth-order valence-electron chi connectivity index (χ4n) is 2.69. The van der Waals surface area contributed by atoms with Gasteiger partial charge in [-0.15, -0.1) is 0 Å². The third-order valence-corrected chi connectivity index (χ3v) is 3.96. The quantitative estimate of drug-likeness (QED) is 0.914. The van der Waals surface area contributed by atoms with E-state index < -0.39 is 5.60 Å². The Labute approximate surface area is 148 Å². The van der Waals surface area contributed by atoms with Crippen molar-refractivity contribution in [3.05, 3.63) is 35.4 Å². The van der Waals surface area contributed by atoms with Gasteiger partial charge in [0.25, 0.3) is 0 Å². The van der Waals surface area contributed by atoms with Crippen molar-refractivity contribution in [3.8, 4) is 6.07 Å². The van der Waals surface area contributed by atoms with Crippen LogP contribution < -0.4 is 5.32 Å². The van der Waals surface area contributed by atoms with Gasteiger partial charge in [0.15, 0.2) is 0 Å². The van der Waals surface area contributed by atoms with Crippen LogP contribution in [-0.4, -0.2) is 41.6 Å². The van der Waals surface area contributed by atoms with Crippen molar-refractivity contribution in [3.63, 3.8) is 0 Å². The summed E-state index contributed by atoms with van der Waals surface area (Å²) in [6.07, 6.45) is 1.43.